The highest BCUT2D eigenvalue weighted by atomic mass is 16.2. The lowest BCUT2D eigenvalue weighted by molar-refractivity contribution is -0.148. The third-order valence-electron chi connectivity index (χ3n) is 5.87. The lowest BCUT2D eigenvalue weighted by Crippen LogP contribution is -2.61. The first-order chi connectivity index (χ1) is 11.7. The van der Waals surface area contributed by atoms with E-state index >= 15 is 0 Å². The van der Waals surface area contributed by atoms with Crippen molar-refractivity contribution in [1.82, 2.24) is 19.6 Å². The second-order valence-electron chi connectivity index (χ2n) is 7.54. The quantitative estimate of drug-likeness (QED) is 0.841. The van der Waals surface area contributed by atoms with Gasteiger partial charge in [0.1, 0.15) is 0 Å². The minimum absolute atomic E-state index is 0.271. The zero-order valence-electron chi connectivity index (χ0n) is 14.1. The number of amides is 2. The summed E-state index contributed by atoms with van der Waals surface area (Å²) in [6.07, 6.45) is 9.16. The van der Waals surface area contributed by atoms with Gasteiger partial charge < -0.3 is 9.80 Å². The van der Waals surface area contributed by atoms with Crippen molar-refractivity contribution in [1.29, 1.82) is 0 Å². The van der Waals surface area contributed by atoms with Gasteiger partial charge in [-0.2, -0.15) is 5.10 Å². The van der Waals surface area contributed by atoms with Crippen LogP contribution in [0.1, 0.15) is 38.5 Å². The van der Waals surface area contributed by atoms with Crippen LogP contribution in [0.4, 0.5) is 0 Å². The highest BCUT2D eigenvalue weighted by Crippen LogP contribution is 2.38. The molecule has 3 aliphatic rings. The molecule has 6 nitrogen and oxygen atoms in total. The van der Waals surface area contributed by atoms with Crippen LogP contribution in [-0.2, 0) is 16.1 Å². The molecule has 1 unspecified atom stereocenters. The van der Waals surface area contributed by atoms with Crippen LogP contribution in [0.2, 0.25) is 0 Å². The molecule has 2 amide bonds. The highest BCUT2D eigenvalue weighted by Gasteiger charge is 2.44. The summed E-state index contributed by atoms with van der Waals surface area (Å²) in [5.74, 6) is 1.56. The van der Waals surface area contributed by atoms with Crippen molar-refractivity contribution in [3.63, 3.8) is 0 Å². The van der Waals surface area contributed by atoms with Crippen molar-refractivity contribution in [2.24, 2.45) is 11.8 Å². The van der Waals surface area contributed by atoms with E-state index in [1.54, 1.807) is 6.20 Å². The molecule has 0 N–H and O–H groups in total. The summed E-state index contributed by atoms with van der Waals surface area (Å²) < 4.78 is 1.88. The normalized spacial score (nSPS) is 29.5. The first-order valence-corrected chi connectivity index (χ1v) is 9.25. The van der Waals surface area contributed by atoms with Crippen LogP contribution in [0, 0.1) is 11.8 Å². The maximum Gasteiger partial charge on any atom is 0.222 e. The SMILES string of the molecule is O=C(CCCn1cccn1)N1C[C@H]2C[C@@H](C1)C1CCCC(=O)N1C2. The van der Waals surface area contributed by atoms with Gasteiger partial charge in [0.15, 0.2) is 0 Å². The largest absolute Gasteiger partial charge is 0.342 e. The Balaban J connectivity index is 1.33. The molecule has 130 valence electrons. The second-order valence-corrected chi connectivity index (χ2v) is 7.54. The molecule has 1 aromatic rings. The van der Waals surface area contributed by atoms with Crippen molar-refractivity contribution in [2.75, 3.05) is 19.6 Å². The van der Waals surface area contributed by atoms with Gasteiger partial charge in [0, 0.05) is 57.5 Å². The molecular formula is C18H26N4O2. The first-order valence-electron chi connectivity index (χ1n) is 9.25. The molecule has 0 spiro atoms. The van der Waals surface area contributed by atoms with Crippen molar-refractivity contribution in [3.8, 4) is 0 Å². The Morgan fingerprint density at radius 3 is 3.04 bits per heavy atom. The van der Waals surface area contributed by atoms with Crippen LogP contribution in [0.3, 0.4) is 0 Å². The van der Waals surface area contributed by atoms with E-state index in [1.165, 1.54) is 6.42 Å². The van der Waals surface area contributed by atoms with Crippen molar-refractivity contribution >= 4 is 11.8 Å². The molecular weight excluding hydrogens is 304 g/mol. The molecule has 24 heavy (non-hydrogen) atoms. The Morgan fingerprint density at radius 1 is 1.29 bits per heavy atom. The topological polar surface area (TPSA) is 58.4 Å². The standard InChI is InChI=1S/C18H26N4O2/c23-17(6-2-8-21-9-3-7-19-21)20-11-14-10-15(13-20)16-4-1-5-18(24)22(16)12-14/h3,7,9,14-16H,1-2,4-6,8,10-13H2/t14-,15+,16?/m1/s1. The highest BCUT2D eigenvalue weighted by molar-refractivity contribution is 5.78. The number of hydrogen-bond acceptors (Lipinski definition) is 3. The lowest BCUT2D eigenvalue weighted by Gasteiger charge is -2.52. The molecule has 3 atom stereocenters. The van der Waals surface area contributed by atoms with Gasteiger partial charge in [0.05, 0.1) is 0 Å². The van der Waals surface area contributed by atoms with Gasteiger partial charge in [-0.25, -0.2) is 0 Å². The van der Waals surface area contributed by atoms with Crippen molar-refractivity contribution in [3.05, 3.63) is 18.5 Å². The van der Waals surface area contributed by atoms with E-state index in [4.69, 9.17) is 0 Å². The minimum Gasteiger partial charge on any atom is -0.342 e. The van der Waals surface area contributed by atoms with Crippen LogP contribution >= 0.6 is 0 Å². The fraction of sp³-hybridized carbons (Fsp3) is 0.722. The predicted octanol–water partition coefficient (Wildman–Crippen LogP) is 1.52. The Labute approximate surface area is 142 Å². The maximum atomic E-state index is 12.6. The van der Waals surface area contributed by atoms with Crippen molar-refractivity contribution < 1.29 is 9.59 Å². The fourth-order valence-electron chi connectivity index (χ4n) is 4.80. The van der Waals surface area contributed by atoms with Gasteiger partial charge in [-0.3, -0.25) is 14.3 Å². The monoisotopic (exact) mass is 330 g/mol. The molecule has 1 aromatic heterocycles. The molecule has 4 heterocycles. The number of aryl methyl sites for hydroxylation is 1. The molecule has 6 heteroatoms. The van der Waals surface area contributed by atoms with Crippen LogP contribution < -0.4 is 0 Å². The van der Waals surface area contributed by atoms with Gasteiger partial charge in [0.25, 0.3) is 0 Å². The Morgan fingerprint density at radius 2 is 2.21 bits per heavy atom. The lowest BCUT2D eigenvalue weighted by atomic mass is 9.76. The van der Waals surface area contributed by atoms with Gasteiger partial charge in [-0.15, -0.1) is 0 Å². The van der Waals surface area contributed by atoms with Gasteiger partial charge in [-0.1, -0.05) is 0 Å². The Bertz CT molecular complexity index is 600. The van der Waals surface area contributed by atoms with E-state index < -0.39 is 0 Å². The van der Waals surface area contributed by atoms with Crippen LogP contribution in [0.15, 0.2) is 18.5 Å². The van der Waals surface area contributed by atoms with E-state index in [2.05, 4.69) is 14.9 Å². The molecule has 0 aliphatic carbocycles. The van der Waals surface area contributed by atoms with Crippen molar-refractivity contribution in [2.45, 2.75) is 51.1 Å². The summed E-state index contributed by atoms with van der Waals surface area (Å²) in [7, 11) is 0. The van der Waals surface area contributed by atoms with E-state index in [9.17, 15) is 9.59 Å². The maximum absolute atomic E-state index is 12.6. The number of fused-ring (bicyclic) bond motifs is 4. The van der Waals surface area contributed by atoms with E-state index in [-0.39, 0.29) is 5.91 Å². The third kappa shape index (κ3) is 3.06. The minimum atomic E-state index is 0.271. The number of hydrogen-bond donors (Lipinski definition) is 0. The molecule has 4 rings (SSSR count). The van der Waals surface area contributed by atoms with Crippen LogP contribution in [0.25, 0.3) is 0 Å². The van der Waals surface area contributed by atoms with Gasteiger partial charge in [-0.05, 0) is 43.6 Å². The summed E-state index contributed by atoms with van der Waals surface area (Å²) in [6, 6.07) is 2.28. The smallest absolute Gasteiger partial charge is 0.222 e. The second kappa shape index (κ2) is 6.57. The summed E-state index contributed by atoms with van der Waals surface area (Å²) in [5, 5.41) is 4.18. The van der Waals surface area contributed by atoms with Gasteiger partial charge >= 0.3 is 0 Å². The number of likely N-dealkylation sites (tertiary alicyclic amines) is 1. The summed E-state index contributed by atoms with van der Waals surface area (Å²) in [6.45, 7) is 3.32. The number of nitrogens with zero attached hydrogens (tertiary/aromatic N) is 4. The average molecular weight is 330 g/mol. The van der Waals surface area contributed by atoms with Crippen LogP contribution in [0.5, 0.6) is 0 Å². The zero-order valence-corrected chi connectivity index (χ0v) is 14.1. The molecule has 0 saturated carbocycles. The molecule has 0 aromatic carbocycles. The number of aromatic nitrogens is 2. The Hall–Kier alpha value is -1.85. The van der Waals surface area contributed by atoms with Crippen LogP contribution in [-0.4, -0.2) is 57.1 Å². The van der Waals surface area contributed by atoms with E-state index in [0.717, 1.165) is 45.4 Å². The molecule has 0 radical (unpaired) electrons. The zero-order chi connectivity index (χ0) is 16.5. The fourth-order valence-corrected chi connectivity index (χ4v) is 4.80. The molecule has 3 fully saturated rings. The summed E-state index contributed by atoms with van der Waals surface area (Å²) >= 11 is 0. The third-order valence-corrected chi connectivity index (χ3v) is 5.87. The van der Waals surface area contributed by atoms with E-state index in [0.29, 0.717) is 36.6 Å². The molecule has 3 saturated heterocycles. The number of carbonyl (C=O) groups is 2. The number of carbonyl (C=O) groups excluding carboxylic acids is 2. The van der Waals surface area contributed by atoms with Gasteiger partial charge in [0.2, 0.25) is 11.8 Å². The number of rotatable bonds is 4. The predicted molar refractivity (Wildman–Crippen MR) is 89.0 cm³/mol. The number of piperidine rings is 3. The van der Waals surface area contributed by atoms with E-state index in [1.807, 2.05) is 16.9 Å². The summed E-state index contributed by atoms with van der Waals surface area (Å²) in [4.78, 5) is 29.0. The average Bonchev–Trinajstić information content (AvgIpc) is 3.09. The first kappa shape index (κ1) is 15.7. The molecule has 2 bridgehead atoms. The Kier molecular flexibility index (Phi) is 4.29. The molecule has 3 aliphatic heterocycles. The summed E-state index contributed by atoms with van der Waals surface area (Å²) in [5.41, 5.74) is 0.